The molecule has 1 aliphatic heterocycles. The summed E-state index contributed by atoms with van der Waals surface area (Å²) in [4.78, 5) is 0. The Balaban J connectivity index is 1.49. The molecule has 114 valence electrons. The average Bonchev–Trinajstić information content (AvgIpc) is 2.88. The molecule has 0 fully saturated rings. The summed E-state index contributed by atoms with van der Waals surface area (Å²) in [7, 11) is 0. The van der Waals surface area contributed by atoms with Gasteiger partial charge in [-0.25, -0.2) is 0 Å². The topological polar surface area (TPSA) is 50.7 Å². The first kappa shape index (κ1) is 13.6. The van der Waals surface area contributed by atoms with E-state index in [0.717, 1.165) is 23.5 Å². The van der Waals surface area contributed by atoms with Gasteiger partial charge in [0.25, 0.3) is 0 Å². The fraction of sp³-hybridized carbons (Fsp3) is 0.333. The van der Waals surface area contributed by atoms with Crippen molar-refractivity contribution in [3.63, 3.8) is 0 Å². The van der Waals surface area contributed by atoms with Crippen LogP contribution < -0.4 is 14.8 Å². The Morgan fingerprint density at radius 3 is 2.77 bits per heavy atom. The van der Waals surface area contributed by atoms with Crippen LogP contribution in [0.1, 0.15) is 22.7 Å². The van der Waals surface area contributed by atoms with Crippen molar-refractivity contribution in [3.05, 3.63) is 59.2 Å². The molecular weight excluding hydrogens is 278 g/mol. The summed E-state index contributed by atoms with van der Waals surface area (Å²) in [6.07, 6.45) is 0.351. The summed E-state index contributed by atoms with van der Waals surface area (Å²) in [5.74, 6) is 1.61. The molecule has 2 aromatic rings. The summed E-state index contributed by atoms with van der Waals surface area (Å²) < 4.78 is 11.1. The van der Waals surface area contributed by atoms with Crippen LogP contribution in [-0.4, -0.2) is 24.4 Å². The number of rotatable bonds is 3. The highest BCUT2D eigenvalue weighted by Crippen LogP contribution is 2.33. The van der Waals surface area contributed by atoms with Gasteiger partial charge in [-0.05, 0) is 28.8 Å². The van der Waals surface area contributed by atoms with Crippen LogP contribution in [0.3, 0.4) is 0 Å². The van der Waals surface area contributed by atoms with E-state index in [1.54, 1.807) is 0 Å². The second kappa shape index (κ2) is 5.63. The smallest absolute Gasteiger partial charge is 0.161 e. The van der Waals surface area contributed by atoms with Crippen molar-refractivity contribution in [1.82, 2.24) is 5.32 Å². The van der Waals surface area contributed by atoms with Gasteiger partial charge in [-0.3, -0.25) is 0 Å². The fourth-order valence-electron chi connectivity index (χ4n) is 3.25. The molecule has 0 radical (unpaired) electrons. The molecule has 0 saturated heterocycles. The Labute approximate surface area is 129 Å². The van der Waals surface area contributed by atoms with Crippen LogP contribution in [0.2, 0.25) is 0 Å². The second-order valence-electron chi connectivity index (χ2n) is 5.81. The van der Waals surface area contributed by atoms with Crippen LogP contribution in [0.25, 0.3) is 0 Å². The third-order valence-corrected chi connectivity index (χ3v) is 4.34. The normalized spacial score (nSPS) is 22.4. The minimum Gasteiger partial charge on any atom is -0.486 e. The lowest BCUT2D eigenvalue weighted by molar-refractivity contribution is 0.140. The molecule has 1 aliphatic carbocycles. The zero-order chi connectivity index (χ0) is 14.9. The first-order chi connectivity index (χ1) is 10.8. The Bertz CT molecular complexity index is 686. The van der Waals surface area contributed by atoms with Crippen LogP contribution >= 0.6 is 0 Å². The SMILES string of the molecule is O[C@H]1Cc2ccccc2[C@H]1NCc1ccc2c(c1)OCCO2. The van der Waals surface area contributed by atoms with Gasteiger partial charge in [0.05, 0.1) is 12.1 Å². The van der Waals surface area contributed by atoms with Crippen LogP contribution in [0.4, 0.5) is 0 Å². The molecule has 0 unspecified atom stereocenters. The molecule has 1 heterocycles. The van der Waals surface area contributed by atoms with Crippen molar-refractivity contribution in [3.8, 4) is 11.5 Å². The lowest BCUT2D eigenvalue weighted by Gasteiger charge is -2.21. The highest BCUT2D eigenvalue weighted by atomic mass is 16.6. The van der Waals surface area contributed by atoms with Crippen LogP contribution in [0, 0.1) is 0 Å². The summed E-state index contributed by atoms with van der Waals surface area (Å²) in [6.45, 7) is 1.89. The quantitative estimate of drug-likeness (QED) is 0.912. The summed E-state index contributed by atoms with van der Waals surface area (Å²) in [6, 6.07) is 14.2. The van der Waals surface area contributed by atoms with Crippen molar-refractivity contribution >= 4 is 0 Å². The van der Waals surface area contributed by atoms with Crippen molar-refractivity contribution in [2.45, 2.75) is 25.1 Å². The minimum absolute atomic E-state index is 0.00981. The van der Waals surface area contributed by atoms with Gasteiger partial charge in [0, 0.05) is 13.0 Å². The van der Waals surface area contributed by atoms with E-state index in [1.807, 2.05) is 30.3 Å². The number of aliphatic hydroxyl groups excluding tert-OH is 1. The molecule has 0 aromatic heterocycles. The molecule has 2 N–H and O–H groups in total. The molecule has 2 aromatic carbocycles. The summed E-state index contributed by atoms with van der Waals surface area (Å²) in [5, 5.41) is 13.7. The largest absolute Gasteiger partial charge is 0.486 e. The molecule has 4 nitrogen and oxygen atoms in total. The van der Waals surface area contributed by atoms with E-state index in [-0.39, 0.29) is 12.1 Å². The van der Waals surface area contributed by atoms with E-state index in [4.69, 9.17) is 9.47 Å². The lowest BCUT2D eigenvalue weighted by atomic mass is 10.1. The number of fused-ring (bicyclic) bond motifs is 2. The van der Waals surface area contributed by atoms with Gasteiger partial charge in [0.2, 0.25) is 0 Å². The first-order valence-electron chi connectivity index (χ1n) is 7.69. The molecule has 0 spiro atoms. The molecular formula is C18H19NO3. The van der Waals surface area contributed by atoms with Gasteiger partial charge in [-0.2, -0.15) is 0 Å². The third kappa shape index (κ3) is 2.45. The van der Waals surface area contributed by atoms with E-state index >= 15 is 0 Å². The van der Waals surface area contributed by atoms with E-state index in [0.29, 0.717) is 19.8 Å². The maximum Gasteiger partial charge on any atom is 0.161 e. The molecule has 0 amide bonds. The van der Waals surface area contributed by atoms with Gasteiger partial charge in [0.1, 0.15) is 13.2 Å². The first-order valence-corrected chi connectivity index (χ1v) is 7.69. The third-order valence-electron chi connectivity index (χ3n) is 4.34. The predicted octanol–water partition coefficient (Wildman–Crippen LogP) is 2.21. The number of hydrogen-bond acceptors (Lipinski definition) is 4. The number of aliphatic hydroxyl groups is 1. The monoisotopic (exact) mass is 297 g/mol. The van der Waals surface area contributed by atoms with E-state index < -0.39 is 0 Å². The van der Waals surface area contributed by atoms with Gasteiger partial charge in [0.15, 0.2) is 11.5 Å². The summed E-state index contributed by atoms with van der Waals surface area (Å²) >= 11 is 0. The molecule has 22 heavy (non-hydrogen) atoms. The molecule has 0 saturated carbocycles. The zero-order valence-electron chi connectivity index (χ0n) is 12.3. The van der Waals surface area contributed by atoms with Gasteiger partial charge >= 0.3 is 0 Å². The molecule has 0 bridgehead atoms. The standard InChI is InChI=1S/C18H19NO3/c20-15-10-13-3-1-2-4-14(13)18(15)19-11-12-5-6-16-17(9-12)22-8-7-21-16/h1-6,9,15,18-20H,7-8,10-11H2/t15-,18+/m0/s1. The lowest BCUT2D eigenvalue weighted by Crippen LogP contribution is -2.28. The predicted molar refractivity (Wildman–Crippen MR) is 83.2 cm³/mol. The second-order valence-corrected chi connectivity index (χ2v) is 5.81. The number of nitrogens with one attached hydrogen (secondary N) is 1. The van der Waals surface area contributed by atoms with Crippen molar-refractivity contribution in [2.75, 3.05) is 13.2 Å². The Morgan fingerprint density at radius 1 is 1.05 bits per heavy atom. The Morgan fingerprint density at radius 2 is 1.86 bits per heavy atom. The minimum atomic E-state index is -0.366. The number of hydrogen-bond donors (Lipinski definition) is 2. The van der Waals surface area contributed by atoms with Crippen molar-refractivity contribution in [1.29, 1.82) is 0 Å². The van der Waals surface area contributed by atoms with Gasteiger partial charge in [-0.1, -0.05) is 30.3 Å². The van der Waals surface area contributed by atoms with Crippen LogP contribution in [0.5, 0.6) is 11.5 Å². The Hall–Kier alpha value is -2.04. The van der Waals surface area contributed by atoms with E-state index in [1.165, 1.54) is 11.1 Å². The van der Waals surface area contributed by atoms with Crippen molar-refractivity contribution < 1.29 is 14.6 Å². The Kier molecular flexibility index (Phi) is 3.48. The maximum absolute atomic E-state index is 10.3. The molecule has 2 aliphatic rings. The number of benzene rings is 2. The average molecular weight is 297 g/mol. The van der Waals surface area contributed by atoms with Crippen molar-refractivity contribution in [2.24, 2.45) is 0 Å². The number of ether oxygens (including phenoxy) is 2. The van der Waals surface area contributed by atoms with Gasteiger partial charge in [-0.15, -0.1) is 0 Å². The zero-order valence-corrected chi connectivity index (χ0v) is 12.3. The van der Waals surface area contributed by atoms with Crippen LogP contribution in [-0.2, 0) is 13.0 Å². The fourth-order valence-corrected chi connectivity index (χ4v) is 3.25. The summed E-state index contributed by atoms with van der Waals surface area (Å²) in [5.41, 5.74) is 3.56. The van der Waals surface area contributed by atoms with E-state index in [2.05, 4.69) is 17.4 Å². The van der Waals surface area contributed by atoms with Gasteiger partial charge < -0.3 is 19.9 Å². The van der Waals surface area contributed by atoms with E-state index in [9.17, 15) is 5.11 Å². The highest BCUT2D eigenvalue weighted by molar-refractivity contribution is 5.44. The molecule has 4 heteroatoms. The highest BCUT2D eigenvalue weighted by Gasteiger charge is 2.30. The maximum atomic E-state index is 10.3. The van der Waals surface area contributed by atoms with Crippen LogP contribution in [0.15, 0.2) is 42.5 Å². The molecule has 2 atom stereocenters. The molecule has 4 rings (SSSR count).